The van der Waals surface area contributed by atoms with E-state index >= 15 is 0 Å². The summed E-state index contributed by atoms with van der Waals surface area (Å²) in [6, 6.07) is 19.2. The highest BCUT2D eigenvalue weighted by Crippen LogP contribution is 2.36. The SMILES string of the molecule is Cc1ccccc1N1C(=O)c2cc(-c3cccs3)nn2CC1(C)C(=O)NCc1ccc(F)cc1. The Morgan fingerprint density at radius 1 is 1.15 bits per heavy atom. The monoisotopic (exact) mass is 474 g/mol. The van der Waals surface area contributed by atoms with E-state index in [9.17, 15) is 14.0 Å². The third-order valence-electron chi connectivity index (χ3n) is 6.14. The van der Waals surface area contributed by atoms with Crippen LogP contribution in [0.3, 0.4) is 0 Å². The van der Waals surface area contributed by atoms with Crippen LogP contribution >= 0.6 is 11.3 Å². The maximum atomic E-state index is 13.8. The van der Waals surface area contributed by atoms with Crippen molar-refractivity contribution in [1.29, 1.82) is 0 Å². The van der Waals surface area contributed by atoms with Crippen molar-refractivity contribution in [3.8, 4) is 10.6 Å². The number of carbonyl (C=O) groups excluding carboxylic acids is 2. The topological polar surface area (TPSA) is 67.2 Å². The second-order valence-corrected chi connectivity index (χ2v) is 9.51. The summed E-state index contributed by atoms with van der Waals surface area (Å²) in [5, 5.41) is 9.56. The Labute approximate surface area is 200 Å². The van der Waals surface area contributed by atoms with E-state index in [0.717, 1.165) is 16.0 Å². The number of halogens is 1. The van der Waals surface area contributed by atoms with Crippen LogP contribution in [0.1, 0.15) is 28.5 Å². The summed E-state index contributed by atoms with van der Waals surface area (Å²) < 4.78 is 14.9. The van der Waals surface area contributed by atoms with Crippen molar-refractivity contribution in [3.05, 3.63) is 94.7 Å². The first-order valence-electron chi connectivity index (χ1n) is 10.9. The number of aryl methyl sites for hydroxylation is 1. The first-order valence-corrected chi connectivity index (χ1v) is 11.8. The molecule has 2 aromatic heterocycles. The molecule has 0 fully saturated rings. The number of aromatic nitrogens is 2. The average molecular weight is 475 g/mol. The lowest BCUT2D eigenvalue weighted by atomic mass is 9.93. The van der Waals surface area contributed by atoms with E-state index in [2.05, 4.69) is 10.4 Å². The van der Waals surface area contributed by atoms with Gasteiger partial charge in [0.25, 0.3) is 5.91 Å². The molecule has 2 aromatic carbocycles. The minimum Gasteiger partial charge on any atom is -0.350 e. The van der Waals surface area contributed by atoms with E-state index in [0.29, 0.717) is 17.1 Å². The van der Waals surface area contributed by atoms with Crippen molar-refractivity contribution in [3.63, 3.8) is 0 Å². The van der Waals surface area contributed by atoms with E-state index in [1.807, 2.05) is 48.7 Å². The maximum absolute atomic E-state index is 13.8. The fraction of sp³-hybridized carbons (Fsp3) is 0.192. The van der Waals surface area contributed by atoms with Crippen molar-refractivity contribution >= 4 is 28.8 Å². The molecule has 8 heteroatoms. The van der Waals surface area contributed by atoms with E-state index in [1.165, 1.54) is 12.1 Å². The van der Waals surface area contributed by atoms with Crippen LogP contribution in [0, 0.1) is 12.7 Å². The predicted octanol–water partition coefficient (Wildman–Crippen LogP) is 4.79. The Morgan fingerprint density at radius 2 is 1.91 bits per heavy atom. The van der Waals surface area contributed by atoms with E-state index in [1.54, 1.807) is 46.0 Å². The lowest BCUT2D eigenvalue weighted by Crippen LogP contribution is -2.64. The second-order valence-electron chi connectivity index (χ2n) is 8.56. The van der Waals surface area contributed by atoms with Crippen LogP contribution in [0.4, 0.5) is 10.1 Å². The molecule has 0 aliphatic carbocycles. The van der Waals surface area contributed by atoms with Gasteiger partial charge in [-0.25, -0.2) is 4.39 Å². The third-order valence-corrected chi connectivity index (χ3v) is 7.03. The van der Waals surface area contributed by atoms with Crippen LogP contribution in [0.15, 0.2) is 72.1 Å². The fourth-order valence-electron chi connectivity index (χ4n) is 4.29. The number of nitrogens with one attached hydrogen (secondary N) is 1. The number of thiophene rings is 1. The molecule has 1 aliphatic heterocycles. The molecular formula is C26H23FN4O2S. The molecule has 2 amide bonds. The van der Waals surface area contributed by atoms with Crippen LogP contribution in [0.25, 0.3) is 10.6 Å². The van der Waals surface area contributed by atoms with E-state index in [-0.39, 0.29) is 30.7 Å². The Kier molecular flexibility index (Phi) is 5.53. The summed E-state index contributed by atoms with van der Waals surface area (Å²) in [4.78, 5) is 30.0. The molecule has 1 aliphatic rings. The Balaban J connectivity index is 1.54. The summed E-state index contributed by atoms with van der Waals surface area (Å²) >= 11 is 1.55. The van der Waals surface area contributed by atoms with Crippen LogP contribution in [-0.2, 0) is 17.9 Å². The van der Waals surface area contributed by atoms with E-state index < -0.39 is 5.54 Å². The summed E-state index contributed by atoms with van der Waals surface area (Å²) in [7, 11) is 0. The lowest BCUT2D eigenvalue weighted by Gasteiger charge is -2.43. The van der Waals surface area contributed by atoms with Crippen LogP contribution in [0.5, 0.6) is 0 Å². The number of para-hydroxylation sites is 1. The van der Waals surface area contributed by atoms with Gasteiger partial charge in [0.15, 0.2) is 0 Å². The Bertz CT molecular complexity index is 1360. The predicted molar refractivity (Wildman–Crippen MR) is 130 cm³/mol. The number of nitrogens with zero attached hydrogens (tertiary/aromatic N) is 3. The minimum absolute atomic E-state index is 0.197. The van der Waals surface area contributed by atoms with Crippen molar-refractivity contribution in [2.45, 2.75) is 32.5 Å². The molecule has 0 bridgehead atoms. The van der Waals surface area contributed by atoms with Gasteiger partial charge in [0.05, 0.1) is 11.4 Å². The van der Waals surface area contributed by atoms with Crippen molar-refractivity contribution < 1.29 is 14.0 Å². The number of hydrogen-bond donors (Lipinski definition) is 1. The highest BCUT2D eigenvalue weighted by molar-refractivity contribution is 7.13. The van der Waals surface area contributed by atoms with Crippen molar-refractivity contribution in [2.75, 3.05) is 4.90 Å². The highest BCUT2D eigenvalue weighted by Gasteiger charge is 2.49. The Morgan fingerprint density at radius 3 is 2.62 bits per heavy atom. The molecule has 1 N–H and O–H groups in total. The molecule has 0 saturated heterocycles. The first-order chi connectivity index (χ1) is 16.4. The zero-order valence-corrected chi connectivity index (χ0v) is 19.6. The van der Waals surface area contributed by atoms with Gasteiger partial charge in [-0.1, -0.05) is 36.4 Å². The maximum Gasteiger partial charge on any atom is 0.277 e. The normalized spacial score (nSPS) is 17.5. The summed E-state index contributed by atoms with van der Waals surface area (Å²) in [5.41, 5.74) is 2.25. The van der Waals surface area contributed by atoms with Gasteiger partial charge in [-0.3, -0.25) is 19.2 Å². The number of carbonyl (C=O) groups is 2. The summed E-state index contributed by atoms with van der Waals surface area (Å²) in [5.74, 6) is -0.930. The molecular weight excluding hydrogens is 451 g/mol. The molecule has 0 radical (unpaired) electrons. The largest absolute Gasteiger partial charge is 0.350 e. The van der Waals surface area contributed by atoms with Gasteiger partial charge in [0.1, 0.15) is 22.7 Å². The van der Waals surface area contributed by atoms with Gasteiger partial charge in [0.2, 0.25) is 5.91 Å². The lowest BCUT2D eigenvalue weighted by molar-refractivity contribution is -0.126. The average Bonchev–Trinajstić information content (AvgIpc) is 3.50. The molecule has 5 rings (SSSR count). The van der Waals surface area contributed by atoms with Gasteiger partial charge < -0.3 is 5.32 Å². The van der Waals surface area contributed by atoms with Gasteiger partial charge >= 0.3 is 0 Å². The van der Waals surface area contributed by atoms with E-state index in [4.69, 9.17) is 0 Å². The summed E-state index contributed by atoms with van der Waals surface area (Å²) in [6.07, 6.45) is 0. The van der Waals surface area contributed by atoms with Crippen LogP contribution < -0.4 is 10.2 Å². The molecule has 1 unspecified atom stereocenters. The molecule has 172 valence electrons. The minimum atomic E-state index is -1.23. The number of anilines is 1. The first kappa shape index (κ1) is 22.0. The van der Waals surface area contributed by atoms with Gasteiger partial charge in [-0.05, 0) is 60.7 Å². The zero-order chi connectivity index (χ0) is 23.9. The third kappa shape index (κ3) is 3.80. The Hall–Kier alpha value is -3.78. The number of benzene rings is 2. The number of rotatable bonds is 5. The smallest absolute Gasteiger partial charge is 0.277 e. The molecule has 4 aromatic rings. The molecule has 6 nitrogen and oxygen atoms in total. The summed E-state index contributed by atoms with van der Waals surface area (Å²) in [6.45, 7) is 4.09. The standard InChI is InChI=1S/C26H23FN4O2S/c1-17-6-3-4-7-21(17)31-24(32)22-14-20(23-8-5-13-34-23)29-30(22)16-26(31,2)25(33)28-15-18-9-11-19(27)12-10-18/h3-14H,15-16H2,1-2H3,(H,28,33). The number of fused-ring (bicyclic) bond motifs is 1. The van der Waals surface area contributed by atoms with Crippen LogP contribution in [0.2, 0.25) is 0 Å². The molecule has 0 spiro atoms. The van der Waals surface area contributed by atoms with Gasteiger partial charge in [-0.2, -0.15) is 5.10 Å². The van der Waals surface area contributed by atoms with Gasteiger partial charge in [-0.15, -0.1) is 11.3 Å². The quantitative estimate of drug-likeness (QED) is 0.452. The zero-order valence-electron chi connectivity index (χ0n) is 18.8. The van der Waals surface area contributed by atoms with Crippen LogP contribution in [-0.4, -0.2) is 27.1 Å². The van der Waals surface area contributed by atoms with Crippen molar-refractivity contribution in [2.24, 2.45) is 0 Å². The second kappa shape index (κ2) is 8.53. The molecule has 3 heterocycles. The fourth-order valence-corrected chi connectivity index (χ4v) is 4.97. The molecule has 34 heavy (non-hydrogen) atoms. The molecule has 1 atom stereocenters. The number of hydrogen-bond acceptors (Lipinski definition) is 4. The van der Waals surface area contributed by atoms with Gasteiger partial charge in [0, 0.05) is 12.2 Å². The molecule has 0 saturated carbocycles. The number of amides is 2. The highest BCUT2D eigenvalue weighted by atomic mass is 32.1. The van der Waals surface area contributed by atoms with Crippen molar-refractivity contribution in [1.82, 2.24) is 15.1 Å².